The number of amides is 2. The number of urea groups is 1. The Morgan fingerprint density at radius 1 is 1.40 bits per heavy atom. The maximum absolute atomic E-state index is 11.4. The van der Waals surface area contributed by atoms with Crippen molar-refractivity contribution >= 4 is 12.3 Å². The van der Waals surface area contributed by atoms with Crippen molar-refractivity contribution in [1.29, 1.82) is 0 Å². The molecule has 0 unspecified atom stereocenters. The highest BCUT2D eigenvalue weighted by atomic mass is 16.2. The number of nitrogens with zero attached hydrogens (tertiary/aromatic N) is 1. The van der Waals surface area contributed by atoms with Crippen LogP contribution in [0, 0.1) is 5.92 Å². The van der Waals surface area contributed by atoms with E-state index in [4.69, 9.17) is 0 Å². The zero-order valence-electron chi connectivity index (χ0n) is 9.53. The number of hydrogen-bond acceptors (Lipinski definition) is 2. The summed E-state index contributed by atoms with van der Waals surface area (Å²) in [5, 5.41) is 2.63. The van der Waals surface area contributed by atoms with Crippen molar-refractivity contribution in [3.63, 3.8) is 0 Å². The second kappa shape index (κ2) is 5.73. The number of carbonyl (C=O) groups excluding carboxylic acids is 2. The smallest absolute Gasteiger partial charge is 0.317 e. The van der Waals surface area contributed by atoms with Gasteiger partial charge in [0.05, 0.1) is 0 Å². The van der Waals surface area contributed by atoms with E-state index >= 15 is 0 Å². The molecule has 1 rings (SSSR count). The predicted molar refractivity (Wildman–Crippen MR) is 58.6 cm³/mol. The normalized spacial score (nSPS) is 25.7. The first-order valence-corrected chi connectivity index (χ1v) is 5.57. The van der Waals surface area contributed by atoms with Gasteiger partial charge in [0.1, 0.15) is 6.29 Å². The van der Waals surface area contributed by atoms with E-state index in [9.17, 15) is 9.59 Å². The van der Waals surface area contributed by atoms with E-state index in [-0.39, 0.29) is 6.03 Å². The molecule has 0 saturated heterocycles. The minimum absolute atomic E-state index is 0.0196. The van der Waals surface area contributed by atoms with Crippen molar-refractivity contribution in [3.8, 4) is 0 Å². The van der Waals surface area contributed by atoms with Crippen molar-refractivity contribution < 1.29 is 9.59 Å². The number of aldehydes is 1. The molecule has 0 aromatic heterocycles. The van der Waals surface area contributed by atoms with Crippen molar-refractivity contribution in [2.75, 3.05) is 14.1 Å². The fraction of sp³-hybridized carbons (Fsp3) is 0.818. The fourth-order valence-corrected chi connectivity index (χ4v) is 2.25. The molecule has 2 amide bonds. The van der Waals surface area contributed by atoms with Crippen molar-refractivity contribution in [1.82, 2.24) is 10.2 Å². The van der Waals surface area contributed by atoms with Crippen LogP contribution in [-0.2, 0) is 4.79 Å². The fourth-order valence-electron chi connectivity index (χ4n) is 2.25. The zero-order chi connectivity index (χ0) is 11.3. The van der Waals surface area contributed by atoms with E-state index in [0.29, 0.717) is 18.4 Å². The van der Waals surface area contributed by atoms with E-state index in [0.717, 1.165) is 32.0 Å². The minimum Gasteiger partial charge on any atom is -0.341 e. The summed E-state index contributed by atoms with van der Waals surface area (Å²) < 4.78 is 0. The Bertz CT molecular complexity index is 223. The van der Waals surface area contributed by atoms with Gasteiger partial charge in [0, 0.05) is 26.6 Å². The molecule has 1 aliphatic rings. The first kappa shape index (κ1) is 12.0. The van der Waals surface area contributed by atoms with Gasteiger partial charge in [-0.1, -0.05) is 0 Å². The summed E-state index contributed by atoms with van der Waals surface area (Å²) in [4.78, 5) is 23.5. The third-order valence-corrected chi connectivity index (χ3v) is 3.33. The minimum atomic E-state index is -0.0196. The molecule has 0 spiro atoms. The number of carbonyl (C=O) groups is 2. The summed E-state index contributed by atoms with van der Waals surface area (Å²) in [6.45, 7) is 0. The van der Waals surface area contributed by atoms with Crippen LogP contribution in [0.15, 0.2) is 0 Å². The summed E-state index contributed by atoms with van der Waals surface area (Å²) in [5.74, 6) is 0.539. The molecule has 0 heterocycles. The van der Waals surface area contributed by atoms with Crippen LogP contribution in [0.3, 0.4) is 0 Å². The summed E-state index contributed by atoms with van der Waals surface area (Å²) in [5.41, 5.74) is 0. The molecule has 1 aliphatic carbocycles. The van der Waals surface area contributed by atoms with Crippen LogP contribution in [0.25, 0.3) is 0 Å². The number of nitrogens with one attached hydrogen (secondary N) is 1. The standard InChI is InChI=1S/C11H20N2O2/c1-12-11(15)13(2)10-5-3-9(4-6-10)7-8-14/h8-10H,3-7H2,1-2H3,(H,12,15). The van der Waals surface area contributed by atoms with Gasteiger partial charge < -0.3 is 15.0 Å². The van der Waals surface area contributed by atoms with Gasteiger partial charge in [-0.2, -0.15) is 0 Å². The number of rotatable bonds is 3. The third kappa shape index (κ3) is 3.22. The first-order valence-electron chi connectivity index (χ1n) is 5.57. The van der Waals surface area contributed by atoms with Crippen LogP contribution in [0.5, 0.6) is 0 Å². The van der Waals surface area contributed by atoms with Gasteiger partial charge in [0.15, 0.2) is 0 Å². The van der Waals surface area contributed by atoms with Crippen LogP contribution in [0.4, 0.5) is 4.79 Å². The topological polar surface area (TPSA) is 49.4 Å². The van der Waals surface area contributed by atoms with Crippen LogP contribution in [0.2, 0.25) is 0 Å². The van der Waals surface area contributed by atoms with E-state index in [1.54, 1.807) is 11.9 Å². The highest BCUT2D eigenvalue weighted by Crippen LogP contribution is 2.28. The quantitative estimate of drug-likeness (QED) is 0.719. The lowest BCUT2D eigenvalue weighted by Gasteiger charge is -2.33. The molecule has 0 aromatic carbocycles. The molecular formula is C11H20N2O2. The van der Waals surface area contributed by atoms with Gasteiger partial charge in [0.2, 0.25) is 0 Å². The predicted octanol–water partition coefficient (Wildman–Crippen LogP) is 1.41. The second-order valence-electron chi connectivity index (χ2n) is 4.24. The lowest BCUT2D eigenvalue weighted by molar-refractivity contribution is -0.108. The van der Waals surface area contributed by atoms with Crippen LogP contribution in [0.1, 0.15) is 32.1 Å². The molecule has 4 nitrogen and oxygen atoms in total. The monoisotopic (exact) mass is 212 g/mol. The van der Waals surface area contributed by atoms with Gasteiger partial charge in [-0.05, 0) is 31.6 Å². The van der Waals surface area contributed by atoms with Crippen molar-refractivity contribution in [2.24, 2.45) is 5.92 Å². The largest absolute Gasteiger partial charge is 0.341 e. The molecule has 0 bridgehead atoms. The Hall–Kier alpha value is -1.06. The zero-order valence-corrected chi connectivity index (χ0v) is 9.53. The SMILES string of the molecule is CNC(=O)N(C)C1CCC(CC=O)CC1. The molecule has 0 radical (unpaired) electrons. The van der Waals surface area contributed by atoms with Crippen LogP contribution in [-0.4, -0.2) is 37.4 Å². The molecule has 15 heavy (non-hydrogen) atoms. The molecule has 0 aliphatic heterocycles. The van der Waals surface area contributed by atoms with E-state index in [1.165, 1.54) is 0 Å². The molecule has 1 fully saturated rings. The Balaban J connectivity index is 2.36. The van der Waals surface area contributed by atoms with Crippen molar-refractivity contribution in [3.05, 3.63) is 0 Å². The maximum atomic E-state index is 11.4. The Morgan fingerprint density at radius 3 is 2.47 bits per heavy atom. The van der Waals surface area contributed by atoms with Gasteiger partial charge in [0.25, 0.3) is 0 Å². The highest BCUT2D eigenvalue weighted by Gasteiger charge is 2.25. The van der Waals surface area contributed by atoms with Crippen LogP contribution < -0.4 is 5.32 Å². The summed E-state index contributed by atoms with van der Waals surface area (Å²) in [6, 6.07) is 0.321. The molecule has 1 N–H and O–H groups in total. The van der Waals surface area contributed by atoms with Gasteiger partial charge in [-0.15, -0.1) is 0 Å². The Labute approximate surface area is 91.0 Å². The number of hydrogen-bond donors (Lipinski definition) is 1. The molecule has 1 saturated carbocycles. The lowest BCUT2D eigenvalue weighted by atomic mass is 9.84. The average molecular weight is 212 g/mol. The average Bonchev–Trinajstić information content (AvgIpc) is 2.28. The summed E-state index contributed by atoms with van der Waals surface area (Å²) in [6.07, 6.45) is 5.84. The van der Waals surface area contributed by atoms with Gasteiger partial charge in [-0.25, -0.2) is 4.79 Å². The van der Waals surface area contributed by atoms with E-state index < -0.39 is 0 Å². The molecule has 4 heteroatoms. The Kier molecular flexibility index (Phi) is 4.59. The highest BCUT2D eigenvalue weighted by molar-refractivity contribution is 5.73. The Morgan fingerprint density at radius 2 is 2.00 bits per heavy atom. The molecular weight excluding hydrogens is 192 g/mol. The van der Waals surface area contributed by atoms with E-state index in [1.807, 2.05) is 7.05 Å². The van der Waals surface area contributed by atoms with Gasteiger partial charge >= 0.3 is 6.03 Å². The van der Waals surface area contributed by atoms with Crippen molar-refractivity contribution in [2.45, 2.75) is 38.1 Å². The second-order valence-corrected chi connectivity index (χ2v) is 4.24. The summed E-state index contributed by atoms with van der Waals surface area (Å²) >= 11 is 0. The molecule has 0 aromatic rings. The third-order valence-electron chi connectivity index (χ3n) is 3.33. The lowest BCUT2D eigenvalue weighted by Crippen LogP contribution is -2.43. The molecule has 0 atom stereocenters. The molecule has 86 valence electrons. The van der Waals surface area contributed by atoms with E-state index in [2.05, 4.69) is 5.32 Å². The first-order chi connectivity index (χ1) is 7.19. The van der Waals surface area contributed by atoms with Crippen LogP contribution >= 0.6 is 0 Å². The maximum Gasteiger partial charge on any atom is 0.317 e. The van der Waals surface area contributed by atoms with Gasteiger partial charge in [-0.3, -0.25) is 0 Å². The summed E-state index contributed by atoms with van der Waals surface area (Å²) in [7, 11) is 3.49.